The van der Waals surface area contributed by atoms with Crippen LogP contribution in [-0.2, 0) is 14.3 Å². The summed E-state index contributed by atoms with van der Waals surface area (Å²) in [5.74, 6) is 1.19. The van der Waals surface area contributed by atoms with Crippen molar-refractivity contribution in [2.75, 3.05) is 19.8 Å². The first-order valence-electron chi connectivity index (χ1n) is 7.54. The normalized spacial score (nSPS) is 34.8. The maximum absolute atomic E-state index is 12.5. The molecule has 0 spiro atoms. The fourth-order valence-corrected chi connectivity index (χ4v) is 3.50. The van der Waals surface area contributed by atoms with Gasteiger partial charge in [0.05, 0.1) is 5.41 Å². The van der Waals surface area contributed by atoms with Crippen molar-refractivity contribution in [3.05, 3.63) is 0 Å². The maximum Gasteiger partial charge on any atom is 0.313 e. The lowest BCUT2D eigenvalue weighted by Gasteiger charge is -2.37. The number of nitrogens with two attached hydrogens (primary N) is 1. The molecule has 0 radical (unpaired) electrons. The van der Waals surface area contributed by atoms with Crippen LogP contribution in [0, 0.1) is 17.3 Å². The van der Waals surface area contributed by atoms with Crippen molar-refractivity contribution in [1.29, 1.82) is 0 Å². The quantitative estimate of drug-likeness (QED) is 0.797. The van der Waals surface area contributed by atoms with Crippen LogP contribution >= 0.6 is 0 Å². The van der Waals surface area contributed by atoms with Gasteiger partial charge in [0, 0.05) is 19.8 Å². The van der Waals surface area contributed by atoms with Gasteiger partial charge in [-0.3, -0.25) is 4.79 Å². The van der Waals surface area contributed by atoms with Crippen molar-refractivity contribution in [1.82, 2.24) is 0 Å². The molecule has 2 aliphatic rings. The lowest BCUT2D eigenvalue weighted by molar-refractivity contribution is -0.169. The van der Waals surface area contributed by atoms with Gasteiger partial charge >= 0.3 is 5.97 Å². The SMILES string of the molecule is CC1CC(C)CC(OC(=O)C2(CN)CCOCC2)C1. The standard InChI is InChI=1S/C15H27NO3/c1-11-7-12(2)9-13(8-11)19-14(17)15(10-16)3-5-18-6-4-15/h11-13H,3-10,16H2,1-2H3. The minimum atomic E-state index is -0.498. The predicted molar refractivity (Wildman–Crippen MR) is 73.6 cm³/mol. The van der Waals surface area contributed by atoms with Gasteiger partial charge in [0.2, 0.25) is 0 Å². The Labute approximate surface area is 116 Å². The van der Waals surface area contributed by atoms with Crippen molar-refractivity contribution in [3.8, 4) is 0 Å². The van der Waals surface area contributed by atoms with Gasteiger partial charge in [0.25, 0.3) is 0 Å². The monoisotopic (exact) mass is 269 g/mol. The summed E-state index contributed by atoms with van der Waals surface area (Å²) < 4.78 is 11.1. The number of carbonyl (C=O) groups excluding carboxylic acids is 1. The molecule has 0 aromatic rings. The Morgan fingerprint density at radius 1 is 1.21 bits per heavy atom. The molecule has 0 amide bonds. The highest BCUT2D eigenvalue weighted by Gasteiger charge is 2.42. The van der Waals surface area contributed by atoms with Crippen LogP contribution in [0.4, 0.5) is 0 Å². The molecule has 1 saturated carbocycles. The van der Waals surface area contributed by atoms with Gasteiger partial charge in [-0.05, 0) is 43.9 Å². The van der Waals surface area contributed by atoms with E-state index < -0.39 is 5.41 Å². The fourth-order valence-electron chi connectivity index (χ4n) is 3.50. The molecule has 2 unspecified atom stereocenters. The molecule has 1 saturated heterocycles. The number of hydrogen-bond acceptors (Lipinski definition) is 4. The highest BCUT2D eigenvalue weighted by atomic mass is 16.5. The topological polar surface area (TPSA) is 61.5 Å². The third kappa shape index (κ3) is 3.48. The Balaban J connectivity index is 1.95. The summed E-state index contributed by atoms with van der Waals surface area (Å²) >= 11 is 0. The average molecular weight is 269 g/mol. The average Bonchev–Trinajstić information content (AvgIpc) is 2.38. The zero-order valence-corrected chi connectivity index (χ0v) is 12.2. The minimum absolute atomic E-state index is 0.0810. The first kappa shape index (κ1) is 14.8. The Morgan fingerprint density at radius 3 is 2.32 bits per heavy atom. The molecule has 4 nitrogen and oxygen atoms in total. The van der Waals surface area contributed by atoms with E-state index >= 15 is 0 Å². The second-order valence-electron chi connectivity index (χ2n) is 6.54. The van der Waals surface area contributed by atoms with E-state index in [0.29, 0.717) is 44.4 Å². The molecule has 110 valence electrons. The number of esters is 1. The van der Waals surface area contributed by atoms with Crippen molar-refractivity contribution >= 4 is 5.97 Å². The molecular weight excluding hydrogens is 242 g/mol. The first-order chi connectivity index (χ1) is 9.05. The molecule has 4 heteroatoms. The summed E-state index contributed by atoms with van der Waals surface area (Å²) in [6.07, 6.45) is 4.70. The summed E-state index contributed by atoms with van der Waals surface area (Å²) in [6, 6.07) is 0. The molecule has 0 bridgehead atoms. The predicted octanol–water partition coefficient (Wildman–Crippen LogP) is 2.11. The summed E-state index contributed by atoms with van der Waals surface area (Å²) in [5, 5.41) is 0. The van der Waals surface area contributed by atoms with E-state index in [1.54, 1.807) is 0 Å². The number of hydrogen-bond donors (Lipinski definition) is 1. The lowest BCUT2D eigenvalue weighted by atomic mass is 9.79. The van der Waals surface area contributed by atoms with E-state index in [1.165, 1.54) is 6.42 Å². The Morgan fingerprint density at radius 2 is 1.79 bits per heavy atom. The molecule has 1 aliphatic heterocycles. The van der Waals surface area contributed by atoms with Gasteiger partial charge in [-0.25, -0.2) is 0 Å². The van der Waals surface area contributed by atoms with E-state index in [0.717, 1.165) is 12.8 Å². The summed E-state index contributed by atoms with van der Waals surface area (Å²) in [4.78, 5) is 12.5. The van der Waals surface area contributed by atoms with Crippen molar-refractivity contribution in [3.63, 3.8) is 0 Å². The smallest absolute Gasteiger partial charge is 0.313 e. The third-order valence-corrected chi connectivity index (χ3v) is 4.68. The zero-order valence-electron chi connectivity index (χ0n) is 12.2. The van der Waals surface area contributed by atoms with E-state index in [4.69, 9.17) is 15.2 Å². The molecule has 1 heterocycles. The first-order valence-corrected chi connectivity index (χ1v) is 7.54. The van der Waals surface area contributed by atoms with Crippen molar-refractivity contribution in [2.24, 2.45) is 23.0 Å². The van der Waals surface area contributed by atoms with Crippen molar-refractivity contribution in [2.45, 2.75) is 52.1 Å². The molecule has 2 fully saturated rings. The van der Waals surface area contributed by atoms with Crippen molar-refractivity contribution < 1.29 is 14.3 Å². The van der Waals surface area contributed by atoms with Crippen LogP contribution in [0.25, 0.3) is 0 Å². The van der Waals surface area contributed by atoms with Gasteiger partial charge in [-0.15, -0.1) is 0 Å². The van der Waals surface area contributed by atoms with Gasteiger partial charge in [0.1, 0.15) is 6.10 Å². The van der Waals surface area contributed by atoms with E-state index in [9.17, 15) is 4.79 Å². The third-order valence-electron chi connectivity index (χ3n) is 4.68. The molecule has 2 N–H and O–H groups in total. The Kier molecular flexibility index (Phi) is 4.85. The molecule has 2 atom stereocenters. The fraction of sp³-hybridized carbons (Fsp3) is 0.933. The lowest BCUT2D eigenvalue weighted by Crippen LogP contribution is -2.46. The van der Waals surface area contributed by atoms with Crippen LogP contribution in [0.15, 0.2) is 0 Å². The van der Waals surface area contributed by atoms with Gasteiger partial charge in [-0.1, -0.05) is 13.8 Å². The van der Waals surface area contributed by atoms with E-state index in [1.807, 2.05) is 0 Å². The number of ether oxygens (including phenoxy) is 2. The molecule has 0 aromatic heterocycles. The van der Waals surface area contributed by atoms with Crippen LogP contribution in [0.3, 0.4) is 0 Å². The summed E-state index contributed by atoms with van der Waals surface area (Å²) in [5.41, 5.74) is 5.34. The van der Waals surface area contributed by atoms with Gasteiger partial charge in [0.15, 0.2) is 0 Å². The molecular formula is C15H27NO3. The van der Waals surface area contributed by atoms with E-state index in [2.05, 4.69) is 13.8 Å². The Bertz CT molecular complexity index is 303. The summed E-state index contributed by atoms with van der Waals surface area (Å²) in [7, 11) is 0. The minimum Gasteiger partial charge on any atom is -0.462 e. The highest BCUT2D eigenvalue weighted by Crippen LogP contribution is 2.35. The largest absolute Gasteiger partial charge is 0.462 e. The number of rotatable bonds is 3. The number of carbonyl (C=O) groups is 1. The Hall–Kier alpha value is -0.610. The van der Waals surface area contributed by atoms with Crippen LogP contribution in [0.1, 0.15) is 46.0 Å². The molecule has 0 aromatic carbocycles. The van der Waals surface area contributed by atoms with Crippen LogP contribution < -0.4 is 5.73 Å². The van der Waals surface area contributed by atoms with Crippen LogP contribution in [-0.4, -0.2) is 31.8 Å². The van der Waals surface area contributed by atoms with Gasteiger partial charge < -0.3 is 15.2 Å². The van der Waals surface area contributed by atoms with Crippen LogP contribution in [0.2, 0.25) is 0 Å². The zero-order chi connectivity index (χ0) is 13.9. The molecule has 19 heavy (non-hydrogen) atoms. The molecule has 1 aliphatic carbocycles. The highest BCUT2D eigenvalue weighted by molar-refractivity contribution is 5.77. The second kappa shape index (κ2) is 6.23. The second-order valence-corrected chi connectivity index (χ2v) is 6.54. The maximum atomic E-state index is 12.5. The van der Waals surface area contributed by atoms with E-state index in [-0.39, 0.29) is 12.1 Å². The summed E-state index contributed by atoms with van der Waals surface area (Å²) in [6.45, 7) is 6.08. The van der Waals surface area contributed by atoms with Crippen LogP contribution in [0.5, 0.6) is 0 Å². The molecule has 2 rings (SSSR count). The van der Waals surface area contributed by atoms with Gasteiger partial charge in [-0.2, -0.15) is 0 Å².